The van der Waals surface area contributed by atoms with Crippen LogP contribution in [0.4, 0.5) is 0 Å². The number of aliphatic hydroxyl groups is 1. The van der Waals surface area contributed by atoms with E-state index in [0.717, 1.165) is 25.9 Å². The number of amides is 2. The summed E-state index contributed by atoms with van der Waals surface area (Å²) < 4.78 is 0. The van der Waals surface area contributed by atoms with Gasteiger partial charge in [0.1, 0.15) is 11.6 Å². The molecule has 2 rings (SSSR count). The van der Waals surface area contributed by atoms with Crippen molar-refractivity contribution in [2.45, 2.75) is 44.4 Å². The van der Waals surface area contributed by atoms with Crippen molar-refractivity contribution in [3.8, 4) is 0 Å². The molecule has 0 aliphatic carbocycles. The fourth-order valence-electron chi connectivity index (χ4n) is 3.29. The molecule has 1 spiro atoms. The highest BCUT2D eigenvalue weighted by Gasteiger charge is 2.60. The molecule has 0 aromatic rings. The molecule has 2 heterocycles. The first-order valence-corrected chi connectivity index (χ1v) is 6.47. The molecule has 18 heavy (non-hydrogen) atoms. The molecule has 2 fully saturated rings. The molecule has 3 unspecified atom stereocenters. The summed E-state index contributed by atoms with van der Waals surface area (Å²) in [5, 5.41) is 9.58. The van der Waals surface area contributed by atoms with Gasteiger partial charge in [-0.3, -0.25) is 14.5 Å². The molecule has 2 aliphatic heterocycles. The van der Waals surface area contributed by atoms with Crippen molar-refractivity contribution in [2.24, 2.45) is 5.73 Å². The highest BCUT2D eigenvalue weighted by molar-refractivity contribution is 5.97. The zero-order valence-corrected chi connectivity index (χ0v) is 10.9. The van der Waals surface area contributed by atoms with Crippen LogP contribution in [0.15, 0.2) is 0 Å². The molecule has 2 saturated heterocycles. The van der Waals surface area contributed by atoms with Crippen molar-refractivity contribution >= 4 is 11.8 Å². The van der Waals surface area contributed by atoms with Crippen LogP contribution in [0.25, 0.3) is 0 Å². The number of rotatable bonds is 4. The number of primary amides is 1. The maximum Gasteiger partial charge on any atom is 0.245 e. The Morgan fingerprint density at radius 2 is 2.28 bits per heavy atom. The SMILES string of the molecule is CCN1CCCC12CN(C(C(N)=O)C(C)O)C2=O. The Morgan fingerprint density at radius 3 is 2.72 bits per heavy atom. The van der Waals surface area contributed by atoms with Gasteiger partial charge in [0.05, 0.1) is 6.10 Å². The molecule has 0 aromatic heterocycles. The van der Waals surface area contributed by atoms with Gasteiger partial charge in [-0.1, -0.05) is 6.92 Å². The van der Waals surface area contributed by atoms with E-state index in [9.17, 15) is 14.7 Å². The first-order chi connectivity index (χ1) is 8.44. The molecule has 2 amide bonds. The van der Waals surface area contributed by atoms with Crippen LogP contribution in [0.2, 0.25) is 0 Å². The predicted octanol–water partition coefficient (Wildman–Crippen LogP) is -1.08. The van der Waals surface area contributed by atoms with Crippen LogP contribution in [0.1, 0.15) is 26.7 Å². The highest BCUT2D eigenvalue weighted by atomic mass is 16.3. The average molecular weight is 255 g/mol. The van der Waals surface area contributed by atoms with Crippen LogP contribution >= 0.6 is 0 Å². The van der Waals surface area contributed by atoms with Crippen molar-refractivity contribution in [1.82, 2.24) is 9.80 Å². The lowest BCUT2D eigenvalue weighted by atomic mass is 9.83. The van der Waals surface area contributed by atoms with Crippen LogP contribution in [-0.4, -0.2) is 64.0 Å². The summed E-state index contributed by atoms with van der Waals surface area (Å²) in [7, 11) is 0. The van der Waals surface area contributed by atoms with E-state index in [0.29, 0.717) is 6.54 Å². The molecule has 0 saturated carbocycles. The van der Waals surface area contributed by atoms with E-state index in [1.807, 2.05) is 6.92 Å². The summed E-state index contributed by atoms with van der Waals surface area (Å²) >= 11 is 0. The largest absolute Gasteiger partial charge is 0.391 e. The third kappa shape index (κ3) is 1.71. The minimum absolute atomic E-state index is 0.0634. The van der Waals surface area contributed by atoms with Gasteiger partial charge in [-0.2, -0.15) is 0 Å². The molecule has 0 radical (unpaired) electrons. The summed E-state index contributed by atoms with van der Waals surface area (Å²) in [4.78, 5) is 27.3. The topological polar surface area (TPSA) is 86.9 Å². The molecule has 6 nitrogen and oxygen atoms in total. The number of β-lactam (4-membered cyclic amide) rings is 1. The lowest BCUT2D eigenvalue weighted by molar-refractivity contribution is -0.172. The van der Waals surface area contributed by atoms with Crippen molar-refractivity contribution in [3.63, 3.8) is 0 Å². The summed E-state index contributed by atoms with van der Waals surface area (Å²) in [6.07, 6.45) is 0.908. The number of aliphatic hydroxyl groups excluding tert-OH is 1. The molecule has 6 heteroatoms. The van der Waals surface area contributed by atoms with Gasteiger partial charge in [0.25, 0.3) is 0 Å². The minimum atomic E-state index is -0.930. The molecule has 0 bridgehead atoms. The summed E-state index contributed by atoms with van der Waals surface area (Å²) in [5.74, 6) is -0.708. The number of likely N-dealkylation sites (tertiary alicyclic amines) is 2. The number of carbonyl (C=O) groups is 2. The number of nitrogens with two attached hydrogens (primary N) is 1. The Kier molecular flexibility index (Phi) is 3.33. The maximum absolute atomic E-state index is 12.4. The second-order valence-corrected chi connectivity index (χ2v) is 5.24. The Balaban J connectivity index is 2.14. The fraction of sp³-hybridized carbons (Fsp3) is 0.833. The minimum Gasteiger partial charge on any atom is -0.391 e. The van der Waals surface area contributed by atoms with Crippen LogP contribution in [0.3, 0.4) is 0 Å². The van der Waals surface area contributed by atoms with E-state index in [1.165, 1.54) is 11.8 Å². The van der Waals surface area contributed by atoms with Crippen LogP contribution < -0.4 is 5.73 Å². The van der Waals surface area contributed by atoms with Crippen LogP contribution in [-0.2, 0) is 9.59 Å². The van der Waals surface area contributed by atoms with E-state index < -0.39 is 23.6 Å². The van der Waals surface area contributed by atoms with E-state index in [-0.39, 0.29) is 5.91 Å². The molecular weight excluding hydrogens is 234 g/mol. The molecular formula is C12H21N3O3. The Hall–Kier alpha value is -1.14. The predicted molar refractivity (Wildman–Crippen MR) is 65.6 cm³/mol. The lowest BCUT2D eigenvalue weighted by Gasteiger charge is -2.53. The van der Waals surface area contributed by atoms with Crippen molar-refractivity contribution in [2.75, 3.05) is 19.6 Å². The second kappa shape index (κ2) is 4.51. The standard InChI is InChI=1S/C12H21N3O3/c1-3-14-6-4-5-12(14)7-15(11(12)18)9(8(2)16)10(13)17/h8-9,16H,3-7H2,1-2H3,(H2,13,17). The molecule has 2 aliphatic rings. The Labute approximate surface area is 107 Å². The van der Waals surface area contributed by atoms with Gasteiger partial charge in [0.15, 0.2) is 0 Å². The van der Waals surface area contributed by atoms with Gasteiger partial charge in [-0.25, -0.2) is 0 Å². The normalized spacial score (nSPS) is 31.5. The van der Waals surface area contributed by atoms with E-state index >= 15 is 0 Å². The van der Waals surface area contributed by atoms with E-state index in [4.69, 9.17) is 5.73 Å². The molecule has 0 aromatic carbocycles. The number of carbonyl (C=O) groups excluding carboxylic acids is 2. The first-order valence-electron chi connectivity index (χ1n) is 6.47. The Bertz CT molecular complexity index is 372. The third-order valence-corrected chi connectivity index (χ3v) is 4.18. The monoisotopic (exact) mass is 255 g/mol. The van der Waals surface area contributed by atoms with Crippen LogP contribution in [0.5, 0.6) is 0 Å². The number of hydrogen-bond donors (Lipinski definition) is 2. The number of nitrogens with zero attached hydrogens (tertiary/aromatic N) is 2. The maximum atomic E-state index is 12.4. The molecule has 3 N–H and O–H groups in total. The second-order valence-electron chi connectivity index (χ2n) is 5.24. The van der Waals surface area contributed by atoms with Gasteiger partial charge < -0.3 is 15.7 Å². The summed E-state index contributed by atoms with van der Waals surface area (Å²) in [5.41, 5.74) is 4.82. The van der Waals surface area contributed by atoms with Gasteiger partial charge in [0.2, 0.25) is 11.8 Å². The van der Waals surface area contributed by atoms with Gasteiger partial charge >= 0.3 is 0 Å². The number of likely N-dealkylation sites (N-methyl/N-ethyl adjacent to an activating group) is 1. The number of hydrogen-bond acceptors (Lipinski definition) is 4. The zero-order valence-electron chi connectivity index (χ0n) is 10.9. The summed E-state index contributed by atoms with van der Waals surface area (Å²) in [6.45, 7) is 5.77. The van der Waals surface area contributed by atoms with Crippen molar-refractivity contribution < 1.29 is 14.7 Å². The molecule has 3 atom stereocenters. The Morgan fingerprint density at radius 1 is 1.61 bits per heavy atom. The molecule has 102 valence electrons. The highest BCUT2D eigenvalue weighted by Crippen LogP contribution is 2.39. The van der Waals surface area contributed by atoms with Gasteiger partial charge in [0, 0.05) is 6.54 Å². The zero-order chi connectivity index (χ0) is 13.5. The third-order valence-electron chi connectivity index (χ3n) is 4.18. The van der Waals surface area contributed by atoms with Gasteiger partial charge in [-0.15, -0.1) is 0 Å². The quantitative estimate of drug-likeness (QED) is 0.625. The van der Waals surface area contributed by atoms with E-state index in [1.54, 1.807) is 0 Å². The van der Waals surface area contributed by atoms with Gasteiger partial charge in [-0.05, 0) is 32.9 Å². The lowest BCUT2D eigenvalue weighted by Crippen LogP contribution is -2.76. The van der Waals surface area contributed by atoms with Crippen LogP contribution in [0, 0.1) is 0 Å². The average Bonchev–Trinajstić information content (AvgIpc) is 2.73. The fourth-order valence-corrected chi connectivity index (χ4v) is 3.29. The van der Waals surface area contributed by atoms with Crippen molar-refractivity contribution in [3.05, 3.63) is 0 Å². The first kappa shape index (κ1) is 13.3. The van der Waals surface area contributed by atoms with Crippen molar-refractivity contribution in [1.29, 1.82) is 0 Å². The van der Waals surface area contributed by atoms with E-state index in [2.05, 4.69) is 4.90 Å². The summed E-state index contributed by atoms with van der Waals surface area (Å²) in [6, 6.07) is -0.901. The smallest absolute Gasteiger partial charge is 0.245 e.